The number of aliphatic hydroxyl groups excluding tert-OH is 1. The molecule has 6 nitrogen and oxygen atoms in total. The Morgan fingerprint density at radius 1 is 1.11 bits per heavy atom. The third-order valence-electron chi connectivity index (χ3n) is 10.8. The zero-order chi connectivity index (χ0) is 27.3. The standard InChI is InChI=1S/C31H46O6/c1-7-26(34)37-25-16-31(6)21-12-11-20-18(4)23(32)13-14-30(20,5)28(21)24(33)15-22(31)27(25)19(29(35)36)10-8-9-17(2)3/h9,18,20-23,25,28,32H,7-8,10-16H2,1-6H3,(H,35,36)/b27-19-/t18-,20+,21-,22-,23+,25-,28-,30-,31+/m0/s1. The molecule has 0 aromatic heterocycles. The summed E-state index contributed by atoms with van der Waals surface area (Å²) in [6.45, 7) is 12.4. The van der Waals surface area contributed by atoms with Gasteiger partial charge in [-0.25, -0.2) is 4.79 Å². The Labute approximate surface area is 221 Å². The lowest BCUT2D eigenvalue weighted by molar-refractivity contribution is -0.170. The van der Waals surface area contributed by atoms with Crippen LogP contribution in [0, 0.1) is 40.4 Å². The van der Waals surface area contributed by atoms with Crippen molar-refractivity contribution in [2.24, 2.45) is 40.4 Å². The zero-order valence-electron chi connectivity index (χ0n) is 23.5. The second-order valence-corrected chi connectivity index (χ2v) is 13.1. The molecule has 0 saturated heterocycles. The summed E-state index contributed by atoms with van der Waals surface area (Å²) in [5.41, 5.74) is 1.67. The first-order valence-electron chi connectivity index (χ1n) is 14.3. The normalized spacial score (nSPS) is 42.2. The smallest absolute Gasteiger partial charge is 0.331 e. The number of Topliss-reactive ketones (excluding diaryl/α,β-unsaturated/α-hetero) is 1. The summed E-state index contributed by atoms with van der Waals surface area (Å²) in [6.07, 6.45) is 6.64. The number of aliphatic hydroxyl groups is 1. The number of hydrogen-bond acceptors (Lipinski definition) is 5. The van der Waals surface area contributed by atoms with Crippen molar-refractivity contribution in [2.75, 3.05) is 0 Å². The molecule has 0 aromatic carbocycles. The molecule has 4 fully saturated rings. The predicted octanol–water partition coefficient (Wildman–Crippen LogP) is 5.87. The molecule has 37 heavy (non-hydrogen) atoms. The highest BCUT2D eigenvalue weighted by atomic mass is 16.5. The van der Waals surface area contributed by atoms with Crippen LogP contribution in [0.5, 0.6) is 0 Å². The highest BCUT2D eigenvalue weighted by molar-refractivity contribution is 5.90. The minimum atomic E-state index is -0.973. The van der Waals surface area contributed by atoms with Gasteiger partial charge in [0.15, 0.2) is 0 Å². The Bertz CT molecular complexity index is 1010. The number of ketones is 1. The van der Waals surface area contributed by atoms with Gasteiger partial charge in [-0.05, 0) is 98.9 Å². The van der Waals surface area contributed by atoms with Crippen molar-refractivity contribution in [3.05, 3.63) is 22.8 Å². The molecule has 9 atom stereocenters. The Morgan fingerprint density at radius 3 is 2.41 bits per heavy atom. The average molecular weight is 515 g/mol. The van der Waals surface area contributed by atoms with Crippen LogP contribution in [0.15, 0.2) is 22.8 Å². The molecular formula is C31H46O6. The maximum absolute atomic E-state index is 14.0. The Morgan fingerprint density at radius 2 is 1.78 bits per heavy atom. The summed E-state index contributed by atoms with van der Waals surface area (Å²) in [4.78, 5) is 39.1. The summed E-state index contributed by atoms with van der Waals surface area (Å²) in [6, 6.07) is 0. The van der Waals surface area contributed by atoms with Crippen LogP contribution in [0.4, 0.5) is 0 Å². The van der Waals surface area contributed by atoms with Crippen molar-refractivity contribution in [3.8, 4) is 0 Å². The minimum Gasteiger partial charge on any atom is -0.478 e. The van der Waals surface area contributed by atoms with Crippen LogP contribution in [0.2, 0.25) is 0 Å². The van der Waals surface area contributed by atoms with Crippen LogP contribution < -0.4 is 0 Å². The first kappa shape index (κ1) is 28.1. The highest BCUT2D eigenvalue weighted by Gasteiger charge is 2.66. The zero-order valence-corrected chi connectivity index (χ0v) is 23.5. The number of carboxylic acids is 1. The number of rotatable bonds is 6. The molecular weight excluding hydrogens is 468 g/mol. The largest absolute Gasteiger partial charge is 0.478 e. The van der Waals surface area contributed by atoms with Crippen LogP contribution in [0.3, 0.4) is 0 Å². The molecule has 0 radical (unpaired) electrons. The molecule has 4 rings (SSSR count). The van der Waals surface area contributed by atoms with E-state index >= 15 is 0 Å². The van der Waals surface area contributed by atoms with Crippen molar-refractivity contribution < 1.29 is 29.3 Å². The number of aliphatic carboxylic acids is 1. The van der Waals surface area contributed by atoms with E-state index < -0.39 is 12.1 Å². The second-order valence-electron chi connectivity index (χ2n) is 13.1. The third kappa shape index (κ3) is 4.72. The number of carbonyl (C=O) groups is 3. The van der Waals surface area contributed by atoms with Gasteiger partial charge in [-0.1, -0.05) is 39.3 Å². The molecule has 0 spiro atoms. The molecule has 0 aliphatic heterocycles. The third-order valence-corrected chi connectivity index (χ3v) is 10.8. The van der Waals surface area contributed by atoms with E-state index in [2.05, 4.69) is 20.8 Å². The Hall–Kier alpha value is -1.95. The van der Waals surface area contributed by atoms with Gasteiger partial charge in [0, 0.05) is 24.3 Å². The van der Waals surface area contributed by atoms with Gasteiger partial charge in [-0.15, -0.1) is 0 Å². The number of carboxylic acid groups (broad SMARTS) is 1. The number of allylic oxidation sites excluding steroid dienone is 2. The average Bonchev–Trinajstić information content (AvgIpc) is 3.10. The number of hydrogen-bond donors (Lipinski definition) is 2. The van der Waals surface area contributed by atoms with E-state index in [-0.39, 0.29) is 58.8 Å². The van der Waals surface area contributed by atoms with Crippen LogP contribution in [0.25, 0.3) is 0 Å². The topological polar surface area (TPSA) is 101 Å². The molecule has 2 N–H and O–H groups in total. The fourth-order valence-electron chi connectivity index (χ4n) is 8.99. The van der Waals surface area contributed by atoms with Crippen LogP contribution in [-0.4, -0.2) is 40.1 Å². The maximum atomic E-state index is 14.0. The van der Waals surface area contributed by atoms with Gasteiger partial charge < -0.3 is 14.9 Å². The van der Waals surface area contributed by atoms with Crippen LogP contribution in [0.1, 0.15) is 99.3 Å². The molecule has 0 unspecified atom stereocenters. The van der Waals surface area contributed by atoms with E-state index in [0.717, 1.165) is 31.3 Å². The van der Waals surface area contributed by atoms with Crippen LogP contribution >= 0.6 is 0 Å². The molecule has 0 heterocycles. The molecule has 6 heteroatoms. The highest BCUT2D eigenvalue weighted by Crippen LogP contribution is 2.68. The summed E-state index contributed by atoms with van der Waals surface area (Å²) in [5, 5.41) is 20.9. The van der Waals surface area contributed by atoms with Gasteiger partial charge in [0.2, 0.25) is 0 Å². The predicted molar refractivity (Wildman–Crippen MR) is 142 cm³/mol. The first-order chi connectivity index (χ1) is 17.3. The van der Waals surface area contributed by atoms with Crippen molar-refractivity contribution in [1.82, 2.24) is 0 Å². The fourth-order valence-corrected chi connectivity index (χ4v) is 8.99. The van der Waals surface area contributed by atoms with Crippen molar-refractivity contribution in [3.63, 3.8) is 0 Å². The first-order valence-corrected chi connectivity index (χ1v) is 14.3. The van der Waals surface area contributed by atoms with E-state index in [1.807, 2.05) is 19.9 Å². The van der Waals surface area contributed by atoms with E-state index in [9.17, 15) is 24.6 Å². The molecule has 4 aliphatic carbocycles. The van der Waals surface area contributed by atoms with Gasteiger partial charge in [-0.3, -0.25) is 9.59 Å². The lowest BCUT2D eigenvalue weighted by Gasteiger charge is -2.61. The summed E-state index contributed by atoms with van der Waals surface area (Å²) in [7, 11) is 0. The summed E-state index contributed by atoms with van der Waals surface area (Å²) >= 11 is 0. The monoisotopic (exact) mass is 514 g/mol. The van der Waals surface area contributed by atoms with Gasteiger partial charge in [0.05, 0.1) is 6.10 Å². The molecule has 0 amide bonds. The number of fused-ring (bicyclic) bond motifs is 5. The SMILES string of the molecule is CCC(=O)O[C@H]1C[C@@]2(C)[C@@H](CC(=O)[C@@H]3[C@@H]2CC[C@@H]2[C@H](C)[C@H](O)CC[C@@]23C)/C1=C(\CCC=C(C)C)C(=O)O. The second kappa shape index (κ2) is 10.3. The van der Waals surface area contributed by atoms with E-state index in [4.69, 9.17) is 4.74 Å². The van der Waals surface area contributed by atoms with Crippen molar-refractivity contribution in [1.29, 1.82) is 0 Å². The molecule has 0 aromatic rings. The molecule has 4 saturated carbocycles. The molecule has 206 valence electrons. The van der Waals surface area contributed by atoms with Crippen molar-refractivity contribution in [2.45, 2.75) is 112 Å². The fraction of sp³-hybridized carbons (Fsp3) is 0.774. The van der Waals surface area contributed by atoms with E-state index in [1.54, 1.807) is 6.92 Å². The summed E-state index contributed by atoms with van der Waals surface area (Å²) < 4.78 is 5.95. The summed E-state index contributed by atoms with van der Waals surface area (Å²) in [5.74, 6) is -0.780. The maximum Gasteiger partial charge on any atom is 0.331 e. The Kier molecular flexibility index (Phi) is 7.82. The number of carbonyl (C=O) groups excluding carboxylic acids is 2. The number of esters is 1. The van der Waals surface area contributed by atoms with E-state index in [0.29, 0.717) is 42.7 Å². The van der Waals surface area contributed by atoms with E-state index in [1.165, 1.54) is 0 Å². The molecule has 4 aliphatic rings. The molecule has 0 bridgehead atoms. The minimum absolute atomic E-state index is 0.0942. The van der Waals surface area contributed by atoms with Gasteiger partial charge in [0.25, 0.3) is 0 Å². The van der Waals surface area contributed by atoms with Gasteiger partial charge in [-0.2, -0.15) is 0 Å². The lowest BCUT2D eigenvalue weighted by Crippen LogP contribution is -2.59. The van der Waals surface area contributed by atoms with Crippen LogP contribution in [-0.2, 0) is 19.1 Å². The quantitative estimate of drug-likeness (QED) is 0.261. The van der Waals surface area contributed by atoms with Gasteiger partial charge >= 0.3 is 11.9 Å². The lowest BCUT2D eigenvalue weighted by atomic mass is 9.42. The number of ether oxygens (including phenoxy) is 1. The Balaban J connectivity index is 1.78. The van der Waals surface area contributed by atoms with Gasteiger partial charge in [0.1, 0.15) is 11.9 Å². The van der Waals surface area contributed by atoms with Crippen molar-refractivity contribution >= 4 is 17.7 Å².